The first-order valence-corrected chi connectivity index (χ1v) is 10.4. The van der Waals surface area contributed by atoms with E-state index in [1.165, 1.54) is 31.2 Å². The summed E-state index contributed by atoms with van der Waals surface area (Å²) in [6.07, 6.45) is -0.466. The Morgan fingerprint density at radius 1 is 1.09 bits per heavy atom. The fourth-order valence-corrected chi connectivity index (χ4v) is 3.99. The molecule has 1 aromatic carbocycles. The second kappa shape index (κ2) is 8.61. The topological polar surface area (TPSA) is 133 Å². The van der Waals surface area contributed by atoms with Gasteiger partial charge in [0.25, 0.3) is 5.69 Å². The minimum absolute atomic E-state index is 0.194. The lowest BCUT2D eigenvalue weighted by Crippen LogP contribution is -2.56. The Kier molecular flexibility index (Phi) is 6.85. The molecule has 9 nitrogen and oxygen atoms in total. The van der Waals surface area contributed by atoms with Gasteiger partial charge in [-0.3, -0.25) is 24.5 Å². The highest BCUT2D eigenvalue weighted by Crippen LogP contribution is 2.47. The van der Waals surface area contributed by atoms with Crippen LogP contribution < -0.4 is 0 Å². The number of non-ortho nitro benzene ring substituents is 1. The number of aliphatic hydroxyl groups is 1. The minimum Gasteiger partial charge on any atom is -0.460 e. The molecule has 1 fully saturated rings. The summed E-state index contributed by atoms with van der Waals surface area (Å²) in [5.41, 5.74) is -3.73. The van der Waals surface area contributed by atoms with E-state index < -0.39 is 63.6 Å². The van der Waals surface area contributed by atoms with Crippen LogP contribution in [-0.2, 0) is 23.9 Å². The molecule has 0 saturated heterocycles. The molecule has 0 bridgehead atoms. The molecular formula is C23H31NO8. The van der Waals surface area contributed by atoms with Crippen LogP contribution in [0.5, 0.6) is 0 Å². The summed E-state index contributed by atoms with van der Waals surface area (Å²) in [6, 6.07) is 5.35. The first kappa shape index (κ1) is 25.5. The number of nitrogens with zero attached hydrogens (tertiary/aromatic N) is 1. The van der Waals surface area contributed by atoms with Crippen LogP contribution in [-0.4, -0.2) is 44.6 Å². The second-order valence-corrected chi connectivity index (χ2v) is 10.4. The first-order valence-electron chi connectivity index (χ1n) is 10.4. The van der Waals surface area contributed by atoms with E-state index in [-0.39, 0.29) is 11.3 Å². The van der Waals surface area contributed by atoms with E-state index in [2.05, 4.69) is 0 Å². The average Bonchev–Trinajstić information content (AvgIpc) is 2.56. The molecule has 1 aliphatic carbocycles. The van der Waals surface area contributed by atoms with E-state index >= 15 is 0 Å². The van der Waals surface area contributed by atoms with Gasteiger partial charge < -0.3 is 14.6 Å². The van der Waals surface area contributed by atoms with Crippen molar-refractivity contribution in [3.63, 3.8) is 0 Å². The molecule has 9 heteroatoms. The summed E-state index contributed by atoms with van der Waals surface area (Å²) < 4.78 is 11.0. The van der Waals surface area contributed by atoms with Crippen molar-refractivity contribution in [2.45, 2.75) is 77.6 Å². The Morgan fingerprint density at radius 3 is 2.12 bits per heavy atom. The van der Waals surface area contributed by atoms with Crippen molar-refractivity contribution in [1.82, 2.24) is 0 Å². The lowest BCUT2D eigenvalue weighted by Gasteiger charge is -2.44. The van der Waals surface area contributed by atoms with Crippen LogP contribution in [0.15, 0.2) is 24.3 Å². The van der Waals surface area contributed by atoms with Crippen molar-refractivity contribution >= 4 is 23.4 Å². The molecule has 0 spiro atoms. The highest BCUT2D eigenvalue weighted by molar-refractivity contribution is 6.03. The fourth-order valence-electron chi connectivity index (χ4n) is 3.99. The van der Waals surface area contributed by atoms with E-state index in [1.54, 1.807) is 41.5 Å². The van der Waals surface area contributed by atoms with E-state index in [4.69, 9.17) is 9.47 Å². The van der Waals surface area contributed by atoms with Gasteiger partial charge in [0.05, 0.1) is 16.4 Å². The third kappa shape index (κ3) is 5.91. The highest BCUT2D eigenvalue weighted by Gasteiger charge is 2.58. The van der Waals surface area contributed by atoms with Crippen molar-refractivity contribution in [3.8, 4) is 0 Å². The van der Waals surface area contributed by atoms with Gasteiger partial charge in [0.1, 0.15) is 17.1 Å². The van der Waals surface area contributed by atoms with Crippen molar-refractivity contribution in [3.05, 3.63) is 39.9 Å². The van der Waals surface area contributed by atoms with Crippen LogP contribution in [0, 0.1) is 22.0 Å². The molecule has 32 heavy (non-hydrogen) atoms. The van der Waals surface area contributed by atoms with Gasteiger partial charge in [-0.05, 0) is 54.0 Å². The molecule has 176 valence electrons. The van der Waals surface area contributed by atoms with E-state index in [9.17, 15) is 29.6 Å². The van der Waals surface area contributed by atoms with Crippen molar-refractivity contribution in [2.75, 3.05) is 0 Å². The maximum atomic E-state index is 13.2. The van der Waals surface area contributed by atoms with Crippen molar-refractivity contribution < 1.29 is 33.9 Å². The third-order valence-electron chi connectivity index (χ3n) is 5.05. The molecule has 1 aliphatic rings. The first-order chi connectivity index (χ1) is 14.4. The molecule has 1 saturated carbocycles. The number of benzene rings is 1. The van der Waals surface area contributed by atoms with Crippen LogP contribution in [0.2, 0.25) is 0 Å². The Morgan fingerprint density at radius 2 is 1.62 bits per heavy atom. The largest absolute Gasteiger partial charge is 0.460 e. The zero-order chi connectivity index (χ0) is 24.6. The van der Waals surface area contributed by atoms with Gasteiger partial charge in [0, 0.05) is 24.5 Å². The normalized spacial score (nSPS) is 26.4. The maximum Gasteiger partial charge on any atom is 0.317 e. The molecule has 2 rings (SSSR count). The number of esters is 2. The predicted octanol–water partition coefficient (Wildman–Crippen LogP) is 3.32. The van der Waals surface area contributed by atoms with Gasteiger partial charge in [0.15, 0.2) is 5.78 Å². The fraction of sp³-hybridized carbons (Fsp3) is 0.609. The summed E-state index contributed by atoms with van der Waals surface area (Å²) in [5.74, 6) is -6.26. The quantitative estimate of drug-likeness (QED) is 0.320. The van der Waals surface area contributed by atoms with Gasteiger partial charge in [-0.15, -0.1) is 0 Å². The summed E-state index contributed by atoms with van der Waals surface area (Å²) in [5, 5.41) is 22.4. The number of Topliss-reactive ketones (excluding diaryl/α,β-unsaturated/α-hetero) is 1. The summed E-state index contributed by atoms with van der Waals surface area (Å²) in [7, 11) is 0. The Bertz CT molecular complexity index is 923. The van der Waals surface area contributed by atoms with Gasteiger partial charge in [-0.25, -0.2) is 0 Å². The molecular weight excluding hydrogens is 418 g/mol. The molecule has 4 atom stereocenters. The number of nitro groups is 1. The average molecular weight is 450 g/mol. The number of hydrogen-bond acceptors (Lipinski definition) is 8. The van der Waals surface area contributed by atoms with E-state index in [0.717, 1.165) is 0 Å². The van der Waals surface area contributed by atoms with Gasteiger partial charge in [0.2, 0.25) is 0 Å². The summed E-state index contributed by atoms with van der Waals surface area (Å²) in [4.78, 5) is 50.1. The molecule has 1 aromatic rings. The number of rotatable bonds is 4. The van der Waals surface area contributed by atoms with Crippen molar-refractivity contribution in [2.24, 2.45) is 11.8 Å². The molecule has 0 radical (unpaired) electrons. The number of carbonyl (C=O) groups is 3. The SMILES string of the molecule is CC(C)(C)OC(=O)[C@@H]1C(=O)C[C@](C)(O)[C@H](C(=O)OC(C)(C)C)[C@H]1c1cccc([N+](=O)[O-])c1. The van der Waals surface area contributed by atoms with Crippen LogP contribution in [0.4, 0.5) is 5.69 Å². The van der Waals surface area contributed by atoms with E-state index in [0.29, 0.717) is 0 Å². The summed E-state index contributed by atoms with van der Waals surface area (Å²) >= 11 is 0. The molecule has 0 unspecified atom stereocenters. The molecule has 0 amide bonds. The van der Waals surface area contributed by atoms with Crippen molar-refractivity contribution in [1.29, 1.82) is 0 Å². The zero-order valence-corrected chi connectivity index (χ0v) is 19.5. The monoisotopic (exact) mass is 449 g/mol. The van der Waals surface area contributed by atoms with Gasteiger partial charge in [-0.1, -0.05) is 12.1 Å². The van der Waals surface area contributed by atoms with Crippen LogP contribution in [0.1, 0.15) is 66.4 Å². The maximum absolute atomic E-state index is 13.2. The van der Waals surface area contributed by atoms with Gasteiger partial charge in [-0.2, -0.15) is 0 Å². The molecule has 0 aliphatic heterocycles. The molecule has 1 N–H and O–H groups in total. The Labute approximate surface area is 187 Å². The number of hydrogen-bond donors (Lipinski definition) is 1. The lowest BCUT2D eigenvalue weighted by molar-refractivity contribution is -0.385. The standard InChI is InChI=1S/C23H31NO8/c1-21(2,3)31-19(26)17-15(25)12-23(7,28)18(20(27)32-22(4,5)6)16(17)13-9-8-10-14(11-13)24(29)30/h8-11,16-18,28H,12H2,1-7H3/t16-,17+,18-,23-/m0/s1. The number of nitro benzene ring substituents is 1. The second-order valence-electron chi connectivity index (χ2n) is 10.4. The lowest BCUT2D eigenvalue weighted by atomic mass is 9.61. The minimum atomic E-state index is -1.84. The number of ketones is 1. The summed E-state index contributed by atoms with van der Waals surface area (Å²) in [6.45, 7) is 11.2. The predicted molar refractivity (Wildman–Crippen MR) is 115 cm³/mol. The Hall–Kier alpha value is -2.81. The highest BCUT2D eigenvalue weighted by atomic mass is 16.6. The molecule has 0 heterocycles. The van der Waals surface area contributed by atoms with Crippen LogP contribution in [0.25, 0.3) is 0 Å². The Balaban J connectivity index is 2.70. The molecule has 0 aromatic heterocycles. The zero-order valence-electron chi connectivity index (χ0n) is 19.5. The van der Waals surface area contributed by atoms with E-state index in [1.807, 2.05) is 0 Å². The van der Waals surface area contributed by atoms with Crippen LogP contribution in [0.3, 0.4) is 0 Å². The van der Waals surface area contributed by atoms with Crippen LogP contribution >= 0.6 is 0 Å². The third-order valence-corrected chi connectivity index (χ3v) is 5.05. The number of carbonyl (C=O) groups excluding carboxylic acids is 3. The van der Waals surface area contributed by atoms with Gasteiger partial charge >= 0.3 is 11.9 Å². The smallest absolute Gasteiger partial charge is 0.317 e. The number of ether oxygens (including phenoxy) is 2.